The zero-order chi connectivity index (χ0) is 21.7. The lowest BCUT2D eigenvalue weighted by atomic mass is 9.60. The van der Waals surface area contributed by atoms with Crippen molar-refractivity contribution in [1.29, 1.82) is 0 Å². The van der Waals surface area contributed by atoms with Crippen LogP contribution in [-0.4, -0.2) is 42.0 Å². The normalized spacial score (nSPS) is 30.4. The molecule has 0 spiro atoms. The Morgan fingerprint density at radius 2 is 1.55 bits per heavy atom. The number of carbonyl (C=O) groups excluding carboxylic acids is 3. The van der Waals surface area contributed by atoms with Gasteiger partial charge in [-0.3, -0.25) is 19.3 Å². The molecule has 0 radical (unpaired) electrons. The first-order valence-electron chi connectivity index (χ1n) is 10.5. The molecule has 4 aliphatic rings. The van der Waals surface area contributed by atoms with Crippen molar-refractivity contribution in [3.8, 4) is 0 Å². The Labute approximate surface area is 180 Å². The zero-order valence-corrected chi connectivity index (χ0v) is 17.3. The van der Waals surface area contributed by atoms with Crippen molar-refractivity contribution in [2.45, 2.75) is 25.0 Å². The van der Waals surface area contributed by atoms with E-state index in [9.17, 15) is 14.4 Å². The molecule has 1 aliphatic carbocycles. The summed E-state index contributed by atoms with van der Waals surface area (Å²) in [6.45, 7) is 1.79. The number of ether oxygens (including phenoxy) is 2. The van der Waals surface area contributed by atoms with E-state index < -0.39 is 35.9 Å². The minimum absolute atomic E-state index is 0.278. The summed E-state index contributed by atoms with van der Waals surface area (Å²) in [5.41, 5.74) is 3.01. The summed E-state index contributed by atoms with van der Waals surface area (Å²) < 4.78 is 10.2. The van der Waals surface area contributed by atoms with E-state index in [0.717, 1.165) is 16.7 Å². The molecule has 6 unspecified atom stereocenters. The maximum absolute atomic E-state index is 12.8. The van der Waals surface area contributed by atoms with Crippen LogP contribution >= 0.6 is 0 Å². The van der Waals surface area contributed by atoms with Crippen molar-refractivity contribution >= 4 is 23.5 Å². The van der Waals surface area contributed by atoms with E-state index in [0.29, 0.717) is 0 Å². The standard InChI is InChI=1S/C25H23NO5/c1-14(23(27)30-2)26-18-13-17(15-9-5-3-6-10-15)19(21-20(18)24(28)31-25(21)29)22(26)16-11-7-4-8-12-16/h3-14,18-22H,1-2H3. The highest BCUT2D eigenvalue weighted by Gasteiger charge is 2.64. The van der Waals surface area contributed by atoms with Crippen LogP contribution in [0.25, 0.3) is 5.57 Å². The third-order valence-electron chi connectivity index (χ3n) is 6.84. The molecule has 3 aliphatic heterocycles. The lowest BCUT2D eigenvalue weighted by Crippen LogP contribution is -2.62. The molecule has 6 atom stereocenters. The predicted octanol–water partition coefficient (Wildman–Crippen LogP) is 3.00. The number of hydrogen-bond donors (Lipinski definition) is 0. The molecule has 6 rings (SSSR count). The highest BCUT2D eigenvalue weighted by atomic mass is 16.6. The van der Waals surface area contributed by atoms with Crippen molar-refractivity contribution in [3.63, 3.8) is 0 Å². The molecule has 2 fully saturated rings. The number of esters is 3. The molecule has 2 aromatic rings. The zero-order valence-electron chi connectivity index (χ0n) is 17.3. The fraction of sp³-hybridized carbons (Fsp3) is 0.320. The third-order valence-corrected chi connectivity index (χ3v) is 6.84. The quantitative estimate of drug-likeness (QED) is 0.563. The van der Waals surface area contributed by atoms with Crippen LogP contribution in [0.4, 0.5) is 0 Å². The molecule has 2 saturated heterocycles. The highest BCUT2D eigenvalue weighted by Crippen LogP contribution is 2.58. The van der Waals surface area contributed by atoms with E-state index in [4.69, 9.17) is 9.47 Å². The van der Waals surface area contributed by atoms with Crippen LogP contribution in [0.3, 0.4) is 0 Å². The minimum atomic E-state index is -0.628. The Bertz CT molecular complexity index is 1060. The molecule has 2 aromatic carbocycles. The average Bonchev–Trinajstić information content (AvgIpc) is 3.13. The van der Waals surface area contributed by atoms with E-state index in [-0.39, 0.29) is 17.9 Å². The number of rotatable bonds is 4. The van der Waals surface area contributed by atoms with Crippen LogP contribution in [0.15, 0.2) is 66.7 Å². The summed E-state index contributed by atoms with van der Waals surface area (Å²) in [7, 11) is 1.36. The van der Waals surface area contributed by atoms with E-state index >= 15 is 0 Å². The van der Waals surface area contributed by atoms with Gasteiger partial charge in [-0.25, -0.2) is 0 Å². The second-order valence-electron chi connectivity index (χ2n) is 8.30. The molecule has 0 N–H and O–H groups in total. The molecule has 6 nitrogen and oxygen atoms in total. The maximum atomic E-state index is 12.8. The minimum Gasteiger partial charge on any atom is -0.468 e. The molecule has 0 aromatic heterocycles. The number of fused-ring (bicyclic) bond motifs is 1. The molecule has 0 amide bonds. The fourth-order valence-electron chi connectivity index (χ4n) is 5.59. The number of carbonyl (C=O) groups is 3. The first-order valence-corrected chi connectivity index (χ1v) is 10.5. The smallest absolute Gasteiger partial charge is 0.322 e. The average molecular weight is 417 g/mol. The molecule has 6 heteroatoms. The maximum Gasteiger partial charge on any atom is 0.322 e. The summed E-state index contributed by atoms with van der Waals surface area (Å²) in [6, 6.07) is 18.4. The number of nitrogens with zero attached hydrogens (tertiary/aromatic N) is 1. The Morgan fingerprint density at radius 1 is 0.935 bits per heavy atom. The number of piperidine rings is 1. The van der Waals surface area contributed by atoms with Crippen molar-refractivity contribution in [1.82, 2.24) is 4.90 Å². The van der Waals surface area contributed by atoms with Crippen molar-refractivity contribution in [3.05, 3.63) is 77.9 Å². The largest absolute Gasteiger partial charge is 0.468 e. The van der Waals surface area contributed by atoms with Gasteiger partial charge in [0, 0.05) is 18.0 Å². The van der Waals surface area contributed by atoms with Crippen molar-refractivity contribution in [2.24, 2.45) is 17.8 Å². The number of cyclic esters (lactones) is 2. The van der Waals surface area contributed by atoms with Gasteiger partial charge in [0.2, 0.25) is 0 Å². The summed E-state index contributed by atoms with van der Waals surface area (Å²) in [6.07, 6.45) is 2.04. The lowest BCUT2D eigenvalue weighted by molar-refractivity contribution is -0.156. The van der Waals surface area contributed by atoms with Gasteiger partial charge in [0.15, 0.2) is 0 Å². The van der Waals surface area contributed by atoms with Gasteiger partial charge in [0.05, 0.1) is 18.9 Å². The van der Waals surface area contributed by atoms with E-state index in [1.165, 1.54) is 7.11 Å². The first kappa shape index (κ1) is 19.7. The number of hydrogen-bond acceptors (Lipinski definition) is 6. The fourth-order valence-corrected chi connectivity index (χ4v) is 5.59. The topological polar surface area (TPSA) is 72.9 Å². The van der Waals surface area contributed by atoms with Crippen LogP contribution < -0.4 is 0 Å². The summed E-state index contributed by atoms with van der Waals surface area (Å²) >= 11 is 0. The van der Waals surface area contributed by atoms with Crippen LogP contribution in [0, 0.1) is 17.8 Å². The molecular formula is C25H23NO5. The molecule has 0 saturated carbocycles. The molecule has 31 heavy (non-hydrogen) atoms. The Balaban J connectivity index is 1.73. The van der Waals surface area contributed by atoms with Gasteiger partial charge >= 0.3 is 17.9 Å². The summed E-state index contributed by atoms with van der Waals surface area (Å²) in [4.78, 5) is 40.1. The second-order valence-corrected chi connectivity index (χ2v) is 8.30. The SMILES string of the molecule is COC(=O)C(C)N1C2C=C(c3ccccc3)C(C3C(=O)OC(=O)C32)C1c1ccccc1. The van der Waals surface area contributed by atoms with Crippen molar-refractivity contribution < 1.29 is 23.9 Å². The monoisotopic (exact) mass is 417 g/mol. The van der Waals surface area contributed by atoms with Crippen LogP contribution in [0.1, 0.15) is 24.1 Å². The number of benzene rings is 2. The second kappa shape index (κ2) is 7.46. The highest BCUT2D eigenvalue weighted by molar-refractivity contribution is 6.00. The Kier molecular flexibility index (Phi) is 4.74. The van der Waals surface area contributed by atoms with Crippen LogP contribution in [0.2, 0.25) is 0 Å². The van der Waals surface area contributed by atoms with Gasteiger partial charge in [-0.2, -0.15) is 0 Å². The summed E-state index contributed by atoms with van der Waals surface area (Å²) in [5.74, 6) is -2.90. The van der Waals surface area contributed by atoms with Gasteiger partial charge in [-0.05, 0) is 23.6 Å². The summed E-state index contributed by atoms with van der Waals surface area (Å²) in [5, 5.41) is 0. The van der Waals surface area contributed by atoms with E-state index in [1.54, 1.807) is 6.92 Å². The molecule has 158 valence electrons. The molecule has 2 bridgehead atoms. The lowest BCUT2D eigenvalue weighted by Gasteiger charge is -2.55. The number of methoxy groups -OCH3 is 1. The van der Waals surface area contributed by atoms with Gasteiger partial charge in [0.1, 0.15) is 6.04 Å². The van der Waals surface area contributed by atoms with Gasteiger partial charge in [-0.1, -0.05) is 66.7 Å². The van der Waals surface area contributed by atoms with Crippen LogP contribution in [-0.2, 0) is 23.9 Å². The molecular weight excluding hydrogens is 394 g/mol. The van der Waals surface area contributed by atoms with Gasteiger partial charge < -0.3 is 9.47 Å². The third kappa shape index (κ3) is 2.93. The Morgan fingerprint density at radius 3 is 2.19 bits per heavy atom. The van der Waals surface area contributed by atoms with Crippen molar-refractivity contribution in [2.75, 3.05) is 7.11 Å². The van der Waals surface area contributed by atoms with Gasteiger partial charge in [0.25, 0.3) is 0 Å². The predicted molar refractivity (Wildman–Crippen MR) is 112 cm³/mol. The van der Waals surface area contributed by atoms with Crippen LogP contribution in [0.5, 0.6) is 0 Å². The first-order chi connectivity index (χ1) is 15.0. The van der Waals surface area contributed by atoms with E-state index in [1.807, 2.05) is 71.6 Å². The van der Waals surface area contributed by atoms with E-state index in [2.05, 4.69) is 0 Å². The van der Waals surface area contributed by atoms with Gasteiger partial charge in [-0.15, -0.1) is 0 Å². The Hall–Kier alpha value is -3.25. The molecule has 3 heterocycles.